The largest absolute Gasteiger partial charge is 0.474 e. The molecule has 0 saturated heterocycles. The van der Waals surface area contributed by atoms with E-state index in [1.54, 1.807) is 0 Å². The van der Waals surface area contributed by atoms with Crippen LogP contribution in [0.3, 0.4) is 0 Å². The van der Waals surface area contributed by atoms with Gasteiger partial charge in [-0.3, -0.25) is 0 Å². The Bertz CT molecular complexity index is 424. The molecule has 2 rings (SSSR count). The third-order valence-electron chi connectivity index (χ3n) is 3.92. The quantitative estimate of drug-likeness (QED) is 0.874. The van der Waals surface area contributed by atoms with E-state index in [-0.39, 0.29) is 12.1 Å². The summed E-state index contributed by atoms with van der Waals surface area (Å²) in [6.07, 6.45) is 3.63. The highest BCUT2D eigenvalue weighted by Crippen LogP contribution is 2.31. The number of anilines is 2. The number of aromatic nitrogens is 2. The number of ether oxygens (including phenoxy) is 1. The molecule has 0 amide bonds. The van der Waals surface area contributed by atoms with E-state index >= 15 is 0 Å². The molecule has 0 bridgehead atoms. The predicted molar refractivity (Wildman–Crippen MR) is 77.2 cm³/mol. The van der Waals surface area contributed by atoms with Crippen molar-refractivity contribution in [1.82, 2.24) is 9.97 Å². The van der Waals surface area contributed by atoms with Crippen LogP contribution in [0, 0.1) is 11.8 Å². The SMILES string of the molecule is CCNc1cc(OC2CCC(C)C(C)C2)nc(N)n1. The summed E-state index contributed by atoms with van der Waals surface area (Å²) in [7, 11) is 0. The van der Waals surface area contributed by atoms with Gasteiger partial charge in [0, 0.05) is 12.6 Å². The first-order chi connectivity index (χ1) is 9.08. The van der Waals surface area contributed by atoms with Gasteiger partial charge < -0.3 is 15.8 Å². The fourth-order valence-electron chi connectivity index (χ4n) is 2.55. The Kier molecular flexibility index (Phi) is 4.45. The normalized spacial score (nSPS) is 27.0. The van der Waals surface area contributed by atoms with Crippen LogP contribution in [0.25, 0.3) is 0 Å². The van der Waals surface area contributed by atoms with Crippen molar-refractivity contribution in [3.05, 3.63) is 6.07 Å². The maximum absolute atomic E-state index is 5.97. The molecular formula is C14H24N4O. The summed E-state index contributed by atoms with van der Waals surface area (Å²) in [6, 6.07) is 1.82. The fraction of sp³-hybridized carbons (Fsp3) is 0.714. The highest BCUT2D eigenvalue weighted by atomic mass is 16.5. The van der Waals surface area contributed by atoms with E-state index in [1.165, 1.54) is 6.42 Å². The summed E-state index contributed by atoms with van der Waals surface area (Å²) in [4.78, 5) is 8.28. The topological polar surface area (TPSA) is 73.1 Å². The number of nitrogens with two attached hydrogens (primary N) is 1. The standard InChI is InChI=1S/C14H24N4O/c1-4-16-12-8-13(18-14(15)17-12)19-11-6-5-9(2)10(3)7-11/h8-11H,4-7H2,1-3H3,(H3,15,16,17,18). The highest BCUT2D eigenvalue weighted by Gasteiger charge is 2.26. The van der Waals surface area contributed by atoms with Crippen LogP contribution in [0.1, 0.15) is 40.0 Å². The zero-order valence-corrected chi connectivity index (χ0v) is 12.0. The predicted octanol–water partition coefficient (Wildman–Crippen LogP) is 2.69. The van der Waals surface area contributed by atoms with Gasteiger partial charge in [-0.25, -0.2) is 0 Å². The van der Waals surface area contributed by atoms with E-state index in [0.717, 1.165) is 31.1 Å². The minimum Gasteiger partial charge on any atom is -0.474 e. The Balaban J connectivity index is 2.02. The van der Waals surface area contributed by atoms with Gasteiger partial charge in [0.25, 0.3) is 0 Å². The zero-order chi connectivity index (χ0) is 13.8. The fourth-order valence-corrected chi connectivity index (χ4v) is 2.55. The van der Waals surface area contributed by atoms with E-state index in [0.29, 0.717) is 11.8 Å². The number of rotatable bonds is 4. The lowest BCUT2D eigenvalue weighted by molar-refractivity contribution is 0.0965. The number of nitrogen functional groups attached to an aromatic ring is 1. The van der Waals surface area contributed by atoms with Crippen LogP contribution in [0.15, 0.2) is 6.07 Å². The number of hydrogen-bond donors (Lipinski definition) is 2. The highest BCUT2D eigenvalue weighted by molar-refractivity contribution is 5.42. The van der Waals surface area contributed by atoms with Crippen LogP contribution >= 0.6 is 0 Å². The molecule has 1 aliphatic carbocycles. The molecular weight excluding hydrogens is 240 g/mol. The van der Waals surface area contributed by atoms with Crippen molar-refractivity contribution in [1.29, 1.82) is 0 Å². The summed E-state index contributed by atoms with van der Waals surface area (Å²) in [5.74, 6) is 3.04. The van der Waals surface area contributed by atoms with E-state index in [2.05, 4.69) is 29.1 Å². The minimum absolute atomic E-state index is 0.245. The lowest BCUT2D eigenvalue weighted by atomic mass is 9.80. The average Bonchev–Trinajstić information content (AvgIpc) is 2.33. The molecule has 1 aromatic heterocycles. The molecule has 3 N–H and O–H groups in total. The van der Waals surface area contributed by atoms with Gasteiger partial charge in [0.15, 0.2) is 0 Å². The van der Waals surface area contributed by atoms with E-state index in [4.69, 9.17) is 10.5 Å². The summed E-state index contributed by atoms with van der Waals surface area (Å²) in [6.45, 7) is 7.42. The van der Waals surface area contributed by atoms with Crippen LogP contribution in [0.5, 0.6) is 5.88 Å². The lowest BCUT2D eigenvalue weighted by Crippen LogP contribution is -2.29. The number of hydrogen-bond acceptors (Lipinski definition) is 5. The molecule has 106 valence electrons. The Morgan fingerprint density at radius 3 is 2.79 bits per heavy atom. The summed E-state index contributed by atoms with van der Waals surface area (Å²) >= 11 is 0. The van der Waals surface area contributed by atoms with E-state index in [1.807, 2.05) is 13.0 Å². The summed E-state index contributed by atoms with van der Waals surface area (Å²) in [5.41, 5.74) is 5.70. The Morgan fingerprint density at radius 1 is 1.32 bits per heavy atom. The average molecular weight is 264 g/mol. The molecule has 3 atom stereocenters. The molecule has 1 aromatic rings. The Morgan fingerprint density at radius 2 is 2.11 bits per heavy atom. The molecule has 0 aliphatic heterocycles. The first kappa shape index (κ1) is 13.9. The van der Waals surface area contributed by atoms with Gasteiger partial charge in [-0.1, -0.05) is 13.8 Å². The molecule has 0 spiro atoms. The maximum Gasteiger partial charge on any atom is 0.225 e. The van der Waals surface area contributed by atoms with Gasteiger partial charge in [-0.2, -0.15) is 9.97 Å². The molecule has 1 heterocycles. The van der Waals surface area contributed by atoms with Gasteiger partial charge in [-0.05, 0) is 38.0 Å². The van der Waals surface area contributed by atoms with Crippen LogP contribution in [-0.4, -0.2) is 22.6 Å². The third-order valence-corrected chi connectivity index (χ3v) is 3.92. The minimum atomic E-state index is 0.245. The monoisotopic (exact) mass is 264 g/mol. The third kappa shape index (κ3) is 3.72. The van der Waals surface area contributed by atoms with Crippen molar-refractivity contribution in [3.63, 3.8) is 0 Å². The maximum atomic E-state index is 5.97. The van der Waals surface area contributed by atoms with Gasteiger partial charge in [0.1, 0.15) is 11.9 Å². The zero-order valence-electron chi connectivity index (χ0n) is 12.0. The molecule has 0 radical (unpaired) electrons. The van der Waals surface area contributed by atoms with Crippen molar-refractivity contribution >= 4 is 11.8 Å². The van der Waals surface area contributed by atoms with Crippen LogP contribution in [0.4, 0.5) is 11.8 Å². The number of nitrogens with one attached hydrogen (secondary N) is 1. The van der Waals surface area contributed by atoms with Crippen molar-refractivity contribution in [3.8, 4) is 5.88 Å². The first-order valence-electron chi connectivity index (χ1n) is 7.13. The molecule has 5 heteroatoms. The molecule has 0 aromatic carbocycles. The molecule has 1 saturated carbocycles. The first-order valence-corrected chi connectivity index (χ1v) is 7.13. The van der Waals surface area contributed by atoms with Gasteiger partial charge in [0.2, 0.25) is 11.8 Å². The second kappa shape index (κ2) is 6.08. The second-order valence-electron chi connectivity index (χ2n) is 5.49. The summed E-state index contributed by atoms with van der Waals surface area (Å²) in [5, 5.41) is 3.13. The Labute approximate surface area is 115 Å². The van der Waals surface area contributed by atoms with Crippen molar-refractivity contribution in [2.75, 3.05) is 17.6 Å². The van der Waals surface area contributed by atoms with Gasteiger partial charge in [-0.15, -0.1) is 0 Å². The van der Waals surface area contributed by atoms with Gasteiger partial charge >= 0.3 is 0 Å². The smallest absolute Gasteiger partial charge is 0.225 e. The molecule has 3 unspecified atom stereocenters. The van der Waals surface area contributed by atoms with Crippen molar-refractivity contribution in [2.45, 2.75) is 46.1 Å². The van der Waals surface area contributed by atoms with E-state index < -0.39 is 0 Å². The molecule has 19 heavy (non-hydrogen) atoms. The second-order valence-corrected chi connectivity index (χ2v) is 5.49. The van der Waals surface area contributed by atoms with Crippen LogP contribution in [-0.2, 0) is 0 Å². The molecule has 1 aliphatic rings. The van der Waals surface area contributed by atoms with Gasteiger partial charge in [0.05, 0.1) is 0 Å². The van der Waals surface area contributed by atoms with Crippen LogP contribution < -0.4 is 15.8 Å². The van der Waals surface area contributed by atoms with Crippen molar-refractivity contribution < 1.29 is 4.74 Å². The molecule has 1 fully saturated rings. The molecule has 5 nitrogen and oxygen atoms in total. The lowest BCUT2D eigenvalue weighted by Gasteiger charge is -2.31. The summed E-state index contributed by atoms with van der Waals surface area (Å²) < 4.78 is 5.97. The van der Waals surface area contributed by atoms with Crippen molar-refractivity contribution in [2.24, 2.45) is 11.8 Å². The Hall–Kier alpha value is -1.52. The van der Waals surface area contributed by atoms with E-state index in [9.17, 15) is 0 Å². The number of nitrogens with zero attached hydrogens (tertiary/aromatic N) is 2. The van der Waals surface area contributed by atoms with Crippen LogP contribution in [0.2, 0.25) is 0 Å².